The standard InChI is InChI=1S/C11H12F3NO/c1-2-16-10(15)7-8-5-3-4-6-9(8)11(12,13)14/h3-6,15H,2,7H2,1H3. The number of nitrogens with one attached hydrogen (secondary N) is 1. The smallest absolute Gasteiger partial charge is 0.416 e. The first kappa shape index (κ1) is 12.5. The van der Waals surface area contributed by atoms with E-state index in [9.17, 15) is 13.2 Å². The fourth-order valence-corrected chi connectivity index (χ4v) is 1.35. The zero-order chi connectivity index (χ0) is 12.2. The van der Waals surface area contributed by atoms with E-state index < -0.39 is 11.7 Å². The molecule has 88 valence electrons. The fraction of sp³-hybridized carbons (Fsp3) is 0.364. The molecule has 0 aliphatic carbocycles. The first-order valence-corrected chi connectivity index (χ1v) is 4.80. The summed E-state index contributed by atoms with van der Waals surface area (Å²) in [7, 11) is 0. The van der Waals surface area contributed by atoms with Gasteiger partial charge in [-0.3, -0.25) is 5.41 Å². The van der Waals surface area contributed by atoms with Crippen LogP contribution in [0.4, 0.5) is 13.2 Å². The molecular formula is C11H12F3NO. The summed E-state index contributed by atoms with van der Waals surface area (Å²) in [5.74, 6) is -0.154. The van der Waals surface area contributed by atoms with Gasteiger partial charge in [-0.25, -0.2) is 0 Å². The van der Waals surface area contributed by atoms with E-state index in [-0.39, 0.29) is 24.5 Å². The van der Waals surface area contributed by atoms with E-state index in [0.717, 1.165) is 6.07 Å². The third-order valence-electron chi connectivity index (χ3n) is 1.99. The topological polar surface area (TPSA) is 33.1 Å². The van der Waals surface area contributed by atoms with Crippen molar-refractivity contribution in [1.29, 1.82) is 5.41 Å². The molecule has 0 aliphatic rings. The Morgan fingerprint density at radius 2 is 1.94 bits per heavy atom. The Hall–Kier alpha value is -1.52. The second-order valence-corrected chi connectivity index (χ2v) is 3.19. The Morgan fingerprint density at radius 1 is 1.31 bits per heavy atom. The van der Waals surface area contributed by atoms with Gasteiger partial charge in [0.05, 0.1) is 12.2 Å². The van der Waals surface area contributed by atoms with Crippen LogP contribution in [0.3, 0.4) is 0 Å². The van der Waals surface area contributed by atoms with E-state index in [1.807, 2.05) is 0 Å². The lowest BCUT2D eigenvalue weighted by atomic mass is 10.0. The predicted octanol–water partition coefficient (Wildman–Crippen LogP) is 3.26. The van der Waals surface area contributed by atoms with Gasteiger partial charge in [-0.2, -0.15) is 13.2 Å². The van der Waals surface area contributed by atoms with Gasteiger partial charge in [-0.15, -0.1) is 0 Å². The molecule has 1 rings (SSSR count). The van der Waals surface area contributed by atoms with Crippen LogP contribution < -0.4 is 0 Å². The summed E-state index contributed by atoms with van der Waals surface area (Å²) in [6, 6.07) is 5.21. The van der Waals surface area contributed by atoms with Crippen molar-refractivity contribution >= 4 is 5.90 Å². The molecule has 0 fully saturated rings. The minimum Gasteiger partial charge on any atom is -0.481 e. The summed E-state index contributed by atoms with van der Waals surface area (Å²) in [6.07, 6.45) is -4.52. The van der Waals surface area contributed by atoms with Crippen LogP contribution in [0.1, 0.15) is 18.1 Å². The van der Waals surface area contributed by atoms with E-state index in [1.165, 1.54) is 18.2 Å². The summed E-state index contributed by atoms with van der Waals surface area (Å²) in [6.45, 7) is 1.97. The molecule has 0 atom stereocenters. The molecule has 0 spiro atoms. The highest BCUT2D eigenvalue weighted by atomic mass is 19.4. The maximum absolute atomic E-state index is 12.6. The third-order valence-corrected chi connectivity index (χ3v) is 1.99. The zero-order valence-electron chi connectivity index (χ0n) is 8.77. The van der Waals surface area contributed by atoms with E-state index in [2.05, 4.69) is 0 Å². The number of hydrogen-bond acceptors (Lipinski definition) is 2. The highest BCUT2D eigenvalue weighted by Crippen LogP contribution is 2.32. The number of ether oxygens (including phenoxy) is 1. The number of benzene rings is 1. The molecule has 0 saturated carbocycles. The molecular weight excluding hydrogens is 219 g/mol. The summed E-state index contributed by atoms with van der Waals surface area (Å²) in [5, 5.41) is 7.34. The molecule has 1 N–H and O–H groups in total. The molecule has 0 bridgehead atoms. The van der Waals surface area contributed by atoms with Crippen LogP contribution in [0.15, 0.2) is 24.3 Å². The number of halogens is 3. The third kappa shape index (κ3) is 3.25. The van der Waals surface area contributed by atoms with Crippen molar-refractivity contribution in [2.24, 2.45) is 0 Å². The maximum Gasteiger partial charge on any atom is 0.416 e. The lowest BCUT2D eigenvalue weighted by Crippen LogP contribution is -2.13. The molecule has 1 aromatic carbocycles. The van der Waals surface area contributed by atoms with Crippen LogP contribution in [0.5, 0.6) is 0 Å². The van der Waals surface area contributed by atoms with Gasteiger partial charge >= 0.3 is 6.18 Å². The van der Waals surface area contributed by atoms with Crippen LogP contribution in [-0.2, 0) is 17.3 Å². The Kier molecular flexibility index (Phi) is 3.93. The Labute approximate surface area is 91.6 Å². The molecule has 0 aliphatic heterocycles. The van der Waals surface area contributed by atoms with Crippen molar-refractivity contribution in [2.45, 2.75) is 19.5 Å². The highest BCUT2D eigenvalue weighted by molar-refractivity contribution is 5.75. The van der Waals surface area contributed by atoms with Gasteiger partial charge in [-0.05, 0) is 18.6 Å². The van der Waals surface area contributed by atoms with Gasteiger partial charge in [-0.1, -0.05) is 18.2 Å². The summed E-state index contributed by atoms with van der Waals surface area (Å²) in [4.78, 5) is 0. The van der Waals surface area contributed by atoms with Crippen molar-refractivity contribution < 1.29 is 17.9 Å². The molecule has 5 heteroatoms. The Bertz CT molecular complexity index is 374. The number of alkyl halides is 3. The molecule has 0 saturated heterocycles. The molecule has 0 aromatic heterocycles. The average Bonchev–Trinajstić information content (AvgIpc) is 2.17. The van der Waals surface area contributed by atoms with E-state index in [1.54, 1.807) is 6.92 Å². The largest absolute Gasteiger partial charge is 0.481 e. The van der Waals surface area contributed by atoms with Crippen LogP contribution >= 0.6 is 0 Å². The van der Waals surface area contributed by atoms with Crippen molar-refractivity contribution in [1.82, 2.24) is 0 Å². The van der Waals surface area contributed by atoms with Gasteiger partial charge in [0.25, 0.3) is 0 Å². The van der Waals surface area contributed by atoms with Crippen LogP contribution in [0, 0.1) is 5.41 Å². The summed E-state index contributed by atoms with van der Waals surface area (Å²) >= 11 is 0. The highest BCUT2D eigenvalue weighted by Gasteiger charge is 2.33. The summed E-state index contributed by atoms with van der Waals surface area (Å²) < 4.78 is 42.5. The normalized spacial score (nSPS) is 11.2. The zero-order valence-corrected chi connectivity index (χ0v) is 8.77. The molecule has 0 amide bonds. The molecule has 0 unspecified atom stereocenters. The Balaban J connectivity index is 2.92. The first-order valence-electron chi connectivity index (χ1n) is 4.80. The first-order chi connectivity index (χ1) is 7.45. The van der Waals surface area contributed by atoms with Crippen molar-refractivity contribution in [3.8, 4) is 0 Å². The quantitative estimate of drug-likeness (QED) is 0.628. The van der Waals surface area contributed by atoms with E-state index in [4.69, 9.17) is 10.1 Å². The Morgan fingerprint density at radius 3 is 2.50 bits per heavy atom. The van der Waals surface area contributed by atoms with Gasteiger partial charge in [0.15, 0.2) is 5.90 Å². The average molecular weight is 231 g/mol. The number of hydrogen-bond donors (Lipinski definition) is 1. The summed E-state index contributed by atoms with van der Waals surface area (Å²) in [5.41, 5.74) is -0.645. The van der Waals surface area contributed by atoms with Gasteiger partial charge in [0.1, 0.15) is 0 Å². The minimum absolute atomic E-state index is 0.0634. The van der Waals surface area contributed by atoms with Crippen LogP contribution in [0.25, 0.3) is 0 Å². The molecule has 2 nitrogen and oxygen atoms in total. The molecule has 1 aromatic rings. The van der Waals surface area contributed by atoms with Gasteiger partial charge < -0.3 is 4.74 Å². The lowest BCUT2D eigenvalue weighted by Gasteiger charge is -2.12. The van der Waals surface area contributed by atoms with Crippen LogP contribution in [0.2, 0.25) is 0 Å². The van der Waals surface area contributed by atoms with E-state index in [0.29, 0.717) is 0 Å². The second kappa shape index (κ2) is 5.01. The van der Waals surface area contributed by atoms with Gasteiger partial charge in [0, 0.05) is 6.42 Å². The maximum atomic E-state index is 12.6. The fourth-order valence-electron chi connectivity index (χ4n) is 1.35. The van der Waals surface area contributed by atoms with Crippen molar-refractivity contribution in [3.05, 3.63) is 35.4 Å². The van der Waals surface area contributed by atoms with Gasteiger partial charge in [0.2, 0.25) is 0 Å². The molecule has 16 heavy (non-hydrogen) atoms. The second-order valence-electron chi connectivity index (χ2n) is 3.19. The lowest BCUT2D eigenvalue weighted by molar-refractivity contribution is -0.138. The molecule has 0 radical (unpaired) electrons. The van der Waals surface area contributed by atoms with Crippen molar-refractivity contribution in [3.63, 3.8) is 0 Å². The number of rotatable bonds is 3. The predicted molar refractivity (Wildman–Crippen MR) is 54.5 cm³/mol. The monoisotopic (exact) mass is 231 g/mol. The molecule has 0 heterocycles. The van der Waals surface area contributed by atoms with E-state index >= 15 is 0 Å². The SMILES string of the molecule is CCOC(=N)Cc1ccccc1C(F)(F)F. The van der Waals surface area contributed by atoms with Crippen LogP contribution in [-0.4, -0.2) is 12.5 Å². The van der Waals surface area contributed by atoms with Crippen molar-refractivity contribution in [2.75, 3.05) is 6.61 Å². The minimum atomic E-state index is -4.39.